The molecule has 0 aliphatic heterocycles. The van der Waals surface area contributed by atoms with Crippen molar-refractivity contribution in [1.29, 1.82) is 0 Å². The number of ether oxygens (including phenoxy) is 2. The molecule has 29 heavy (non-hydrogen) atoms. The van der Waals surface area contributed by atoms with E-state index in [1.165, 1.54) is 7.11 Å². The maximum absolute atomic E-state index is 12.9. The molecule has 0 aromatic heterocycles. The molecule has 0 aliphatic rings. The Balaban J connectivity index is 1.66. The van der Waals surface area contributed by atoms with Gasteiger partial charge in [0, 0.05) is 17.8 Å². The van der Waals surface area contributed by atoms with Gasteiger partial charge >= 0.3 is 6.09 Å². The predicted molar refractivity (Wildman–Crippen MR) is 111 cm³/mol. The minimum Gasteiger partial charge on any atom is -0.476 e. The number of carbonyl (C=O) groups excluding carboxylic acids is 2. The molecule has 2 amide bonds. The fourth-order valence-corrected chi connectivity index (χ4v) is 2.69. The van der Waals surface area contributed by atoms with E-state index in [2.05, 4.69) is 15.4 Å². The molecule has 0 spiro atoms. The van der Waals surface area contributed by atoms with Gasteiger partial charge in [-0.15, -0.1) is 0 Å². The molecular weight excluding hydrogens is 368 g/mol. The molecule has 6 heteroatoms. The minimum atomic E-state index is -0.765. The Labute approximate surface area is 169 Å². The van der Waals surface area contributed by atoms with E-state index < -0.39 is 12.2 Å². The second-order valence-corrected chi connectivity index (χ2v) is 6.25. The Morgan fingerprint density at radius 2 is 1.48 bits per heavy atom. The first-order valence-electron chi connectivity index (χ1n) is 9.14. The highest BCUT2D eigenvalue weighted by Crippen LogP contribution is 2.22. The lowest BCUT2D eigenvalue weighted by Gasteiger charge is -2.19. The van der Waals surface area contributed by atoms with E-state index in [4.69, 9.17) is 4.74 Å². The van der Waals surface area contributed by atoms with Crippen LogP contribution in [-0.2, 0) is 16.1 Å². The van der Waals surface area contributed by atoms with Gasteiger partial charge in [-0.05, 0) is 29.8 Å². The van der Waals surface area contributed by atoms with Gasteiger partial charge in [0.2, 0.25) is 6.10 Å². The number of carbonyl (C=O) groups is 2. The van der Waals surface area contributed by atoms with Crippen LogP contribution in [0.5, 0.6) is 5.75 Å². The highest BCUT2D eigenvalue weighted by atomic mass is 16.5. The summed E-state index contributed by atoms with van der Waals surface area (Å²) in [7, 11) is 1.31. The van der Waals surface area contributed by atoms with Crippen molar-refractivity contribution in [3.63, 3.8) is 0 Å². The maximum Gasteiger partial charge on any atom is 0.411 e. The normalized spacial score (nSPS) is 11.2. The van der Waals surface area contributed by atoms with Crippen LogP contribution in [0.1, 0.15) is 17.2 Å². The van der Waals surface area contributed by atoms with Crippen molar-refractivity contribution in [1.82, 2.24) is 5.32 Å². The van der Waals surface area contributed by atoms with Crippen LogP contribution in [0.3, 0.4) is 0 Å². The number of amides is 2. The summed E-state index contributed by atoms with van der Waals surface area (Å²) in [5.41, 5.74) is 2.27. The van der Waals surface area contributed by atoms with Crippen molar-refractivity contribution in [3.05, 3.63) is 96.1 Å². The molecule has 148 valence electrons. The molecule has 0 saturated carbocycles. The molecule has 0 bridgehead atoms. The van der Waals surface area contributed by atoms with Gasteiger partial charge in [-0.1, -0.05) is 60.7 Å². The first-order chi connectivity index (χ1) is 14.2. The van der Waals surface area contributed by atoms with Crippen LogP contribution in [0.4, 0.5) is 10.5 Å². The Hall–Kier alpha value is -3.80. The Morgan fingerprint density at radius 1 is 0.862 bits per heavy atom. The average Bonchev–Trinajstić information content (AvgIpc) is 2.78. The molecule has 0 heterocycles. The highest BCUT2D eigenvalue weighted by Gasteiger charge is 2.22. The Morgan fingerprint density at radius 3 is 2.10 bits per heavy atom. The average molecular weight is 390 g/mol. The lowest BCUT2D eigenvalue weighted by Crippen LogP contribution is -2.32. The van der Waals surface area contributed by atoms with E-state index in [0.717, 1.165) is 11.1 Å². The van der Waals surface area contributed by atoms with Gasteiger partial charge in [0.05, 0.1) is 7.11 Å². The van der Waals surface area contributed by atoms with E-state index in [9.17, 15) is 9.59 Å². The molecule has 3 rings (SSSR count). The van der Waals surface area contributed by atoms with E-state index in [0.29, 0.717) is 18.0 Å². The van der Waals surface area contributed by atoms with Crippen molar-refractivity contribution in [2.75, 3.05) is 12.4 Å². The summed E-state index contributed by atoms with van der Waals surface area (Å²) >= 11 is 0. The van der Waals surface area contributed by atoms with Crippen LogP contribution < -0.4 is 15.4 Å². The fraction of sp³-hybridized carbons (Fsp3) is 0.130. The second kappa shape index (κ2) is 9.94. The predicted octanol–water partition coefficient (Wildman–Crippen LogP) is 4.30. The largest absolute Gasteiger partial charge is 0.476 e. The summed E-state index contributed by atoms with van der Waals surface area (Å²) < 4.78 is 10.5. The van der Waals surface area contributed by atoms with Crippen molar-refractivity contribution in [2.45, 2.75) is 12.6 Å². The van der Waals surface area contributed by atoms with Gasteiger partial charge < -0.3 is 14.8 Å². The lowest BCUT2D eigenvalue weighted by molar-refractivity contribution is -0.128. The Kier molecular flexibility index (Phi) is 6.84. The number of methoxy groups -OCH3 is 1. The van der Waals surface area contributed by atoms with Crippen molar-refractivity contribution >= 4 is 17.7 Å². The van der Waals surface area contributed by atoms with Crippen molar-refractivity contribution in [3.8, 4) is 5.75 Å². The smallest absolute Gasteiger partial charge is 0.411 e. The van der Waals surface area contributed by atoms with Gasteiger partial charge in [-0.25, -0.2) is 4.79 Å². The molecule has 3 aromatic rings. The van der Waals surface area contributed by atoms with Crippen LogP contribution in [0.25, 0.3) is 0 Å². The molecule has 0 saturated heterocycles. The molecule has 0 radical (unpaired) electrons. The summed E-state index contributed by atoms with van der Waals surface area (Å²) in [5, 5.41) is 5.50. The van der Waals surface area contributed by atoms with Gasteiger partial charge in [-0.2, -0.15) is 0 Å². The molecular formula is C23H22N2O4. The number of rotatable bonds is 7. The van der Waals surface area contributed by atoms with Crippen LogP contribution in [0.2, 0.25) is 0 Å². The van der Waals surface area contributed by atoms with Crippen molar-refractivity contribution < 1.29 is 19.1 Å². The first-order valence-corrected chi connectivity index (χ1v) is 9.14. The number of hydrogen-bond donors (Lipinski definition) is 2. The summed E-state index contributed by atoms with van der Waals surface area (Å²) in [4.78, 5) is 24.1. The quantitative estimate of drug-likeness (QED) is 0.631. The third-order valence-corrected chi connectivity index (χ3v) is 4.19. The number of hydrogen-bond acceptors (Lipinski definition) is 4. The maximum atomic E-state index is 12.9. The van der Waals surface area contributed by atoms with Crippen molar-refractivity contribution in [2.24, 2.45) is 0 Å². The van der Waals surface area contributed by atoms with Crippen LogP contribution in [0, 0.1) is 0 Å². The molecule has 2 N–H and O–H groups in total. The number of anilines is 1. The minimum absolute atomic E-state index is 0.239. The summed E-state index contributed by atoms with van der Waals surface area (Å²) in [6, 6.07) is 25.7. The number of para-hydroxylation sites is 1. The molecule has 3 aromatic carbocycles. The summed E-state index contributed by atoms with van der Waals surface area (Å²) in [6.45, 7) is 0.332. The zero-order chi connectivity index (χ0) is 20.5. The highest BCUT2D eigenvalue weighted by molar-refractivity contribution is 5.84. The van der Waals surface area contributed by atoms with Gasteiger partial charge in [0.1, 0.15) is 5.75 Å². The third-order valence-electron chi connectivity index (χ3n) is 4.19. The second-order valence-electron chi connectivity index (χ2n) is 6.25. The Bertz CT molecular complexity index is 928. The van der Waals surface area contributed by atoms with Crippen LogP contribution in [0.15, 0.2) is 84.9 Å². The lowest BCUT2D eigenvalue weighted by atomic mass is 10.1. The molecule has 0 aliphatic carbocycles. The van der Waals surface area contributed by atoms with Gasteiger partial charge in [0.15, 0.2) is 0 Å². The molecule has 1 atom stereocenters. The van der Waals surface area contributed by atoms with Gasteiger partial charge in [0.25, 0.3) is 5.91 Å². The fourth-order valence-electron chi connectivity index (χ4n) is 2.69. The monoisotopic (exact) mass is 390 g/mol. The zero-order valence-electron chi connectivity index (χ0n) is 16.0. The molecule has 0 fully saturated rings. The van der Waals surface area contributed by atoms with E-state index in [-0.39, 0.29) is 5.91 Å². The SMILES string of the molecule is COC(=O)Nc1ccc(CNC(=O)C(Oc2ccccc2)c2ccccc2)cc1. The summed E-state index contributed by atoms with van der Waals surface area (Å²) in [6.07, 6.45) is -1.30. The first kappa shape index (κ1) is 19.9. The number of benzene rings is 3. The third kappa shape index (κ3) is 5.84. The topological polar surface area (TPSA) is 76.7 Å². The van der Waals surface area contributed by atoms with Crippen LogP contribution in [-0.4, -0.2) is 19.1 Å². The van der Waals surface area contributed by atoms with Gasteiger partial charge in [-0.3, -0.25) is 10.1 Å². The van der Waals surface area contributed by atoms with E-state index >= 15 is 0 Å². The standard InChI is InChI=1S/C23H22N2O4/c1-28-23(27)25-19-14-12-17(13-15-19)16-24-22(26)21(18-8-4-2-5-9-18)29-20-10-6-3-7-11-20/h2-15,21H,16H2,1H3,(H,24,26)(H,25,27). The van der Waals surface area contributed by atoms with E-state index in [1.54, 1.807) is 12.1 Å². The molecule has 6 nitrogen and oxygen atoms in total. The van der Waals surface area contributed by atoms with Crippen LogP contribution >= 0.6 is 0 Å². The van der Waals surface area contributed by atoms with E-state index in [1.807, 2.05) is 72.8 Å². The summed E-state index contributed by atoms with van der Waals surface area (Å²) in [5.74, 6) is 0.381. The molecule has 1 unspecified atom stereocenters. The number of nitrogens with one attached hydrogen (secondary N) is 2. The zero-order valence-corrected chi connectivity index (χ0v) is 16.0.